The van der Waals surface area contributed by atoms with Crippen LogP contribution in [0.2, 0.25) is 0 Å². The minimum atomic E-state index is -0.689. The molecular formula is C52H70F2N4O6. The number of rotatable bonds is 24. The number of hydrogen-bond donors (Lipinski definition) is 0. The van der Waals surface area contributed by atoms with E-state index in [1.807, 2.05) is 44.2 Å². The molecule has 0 heterocycles. The third kappa shape index (κ3) is 13.7. The number of nitrogens with zero attached hydrogens (tertiary/aromatic N) is 4. The van der Waals surface area contributed by atoms with Crippen LogP contribution in [0.4, 0.5) is 8.78 Å². The zero-order chi connectivity index (χ0) is 47.5. The summed E-state index contributed by atoms with van der Waals surface area (Å²) in [7, 11) is 13.6. The van der Waals surface area contributed by atoms with Crippen LogP contribution in [0.25, 0.3) is 0 Å². The zero-order valence-electron chi connectivity index (χ0n) is 40.1. The van der Waals surface area contributed by atoms with Crippen molar-refractivity contribution in [2.24, 2.45) is 11.8 Å². The van der Waals surface area contributed by atoms with Crippen molar-refractivity contribution in [3.8, 4) is 46.6 Å². The van der Waals surface area contributed by atoms with Gasteiger partial charge in [0.05, 0.1) is 65.6 Å². The summed E-state index contributed by atoms with van der Waals surface area (Å²) in [5.41, 5.74) is 2.68. The van der Waals surface area contributed by atoms with Crippen molar-refractivity contribution in [1.29, 1.82) is 10.5 Å². The SMILES string of the molecule is COc1cc(C(C#N)(CCCN(C)CCc2ccc(OC)c(OC)c2)C(C)C)ccc1F.COc1cc(CCN(C)CCCC(C#N)(c2ccc(OC)c(OC)c2)C(C)C)ccc1F. The highest BCUT2D eigenvalue weighted by Gasteiger charge is 2.37. The van der Waals surface area contributed by atoms with Gasteiger partial charge in [-0.15, -0.1) is 0 Å². The second-order valence-electron chi connectivity index (χ2n) is 16.9. The van der Waals surface area contributed by atoms with Crippen LogP contribution in [0.3, 0.4) is 0 Å². The Bertz CT molecular complexity index is 2150. The predicted molar refractivity (Wildman–Crippen MR) is 250 cm³/mol. The van der Waals surface area contributed by atoms with Crippen molar-refractivity contribution >= 4 is 0 Å². The third-order valence-corrected chi connectivity index (χ3v) is 12.4. The van der Waals surface area contributed by atoms with E-state index in [0.717, 1.165) is 86.5 Å². The van der Waals surface area contributed by atoms with Gasteiger partial charge in [0.1, 0.15) is 0 Å². The molecule has 0 aromatic heterocycles. The van der Waals surface area contributed by atoms with Gasteiger partial charge in [0, 0.05) is 13.1 Å². The summed E-state index contributed by atoms with van der Waals surface area (Å²) < 4.78 is 59.2. The number of halogens is 2. The Morgan fingerprint density at radius 2 is 0.828 bits per heavy atom. The van der Waals surface area contributed by atoms with Crippen LogP contribution in [0.1, 0.15) is 75.6 Å². The minimum Gasteiger partial charge on any atom is -0.494 e. The molecule has 0 radical (unpaired) electrons. The third-order valence-electron chi connectivity index (χ3n) is 12.4. The van der Waals surface area contributed by atoms with E-state index >= 15 is 0 Å². The van der Waals surface area contributed by atoms with E-state index in [9.17, 15) is 19.3 Å². The molecular weight excluding hydrogens is 815 g/mol. The molecule has 4 rings (SSSR count). The molecule has 2 atom stereocenters. The van der Waals surface area contributed by atoms with Crippen LogP contribution in [0.15, 0.2) is 72.8 Å². The number of methoxy groups -OCH3 is 6. The first kappa shape index (κ1) is 52.8. The summed E-state index contributed by atoms with van der Waals surface area (Å²) in [6, 6.07) is 26.6. The lowest BCUT2D eigenvalue weighted by Gasteiger charge is -2.32. The Kier molecular flexibility index (Phi) is 21.2. The first-order valence-electron chi connectivity index (χ1n) is 21.9. The Morgan fingerprint density at radius 3 is 1.25 bits per heavy atom. The highest BCUT2D eigenvalue weighted by atomic mass is 19.1. The second-order valence-corrected chi connectivity index (χ2v) is 16.9. The van der Waals surface area contributed by atoms with Crippen LogP contribution in [0.5, 0.6) is 34.5 Å². The van der Waals surface area contributed by atoms with Gasteiger partial charge in [-0.05, 0) is 148 Å². The largest absolute Gasteiger partial charge is 0.494 e. The fourth-order valence-electron chi connectivity index (χ4n) is 8.10. The second kappa shape index (κ2) is 25.7. The molecule has 4 aromatic carbocycles. The Balaban J connectivity index is 0.000000340. The van der Waals surface area contributed by atoms with E-state index in [4.69, 9.17) is 28.4 Å². The van der Waals surface area contributed by atoms with Gasteiger partial charge in [-0.1, -0.05) is 52.0 Å². The molecule has 0 saturated heterocycles. The lowest BCUT2D eigenvalue weighted by molar-refractivity contribution is 0.292. The smallest absolute Gasteiger partial charge is 0.165 e. The molecule has 0 fully saturated rings. The van der Waals surface area contributed by atoms with Crippen molar-refractivity contribution in [2.75, 3.05) is 82.9 Å². The normalized spacial score (nSPS) is 13.0. The average molecular weight is 885 g/mol. The van der Waals surface area contributed by atoms with Crippen LogP contribution < -0.4 is 28.4 Å². The monoisotopic (exact) mass is 885 g/mol. The van der Waals surface area contributed by atoms with Crippen LogP contribution >= 0.6 is 0 Å². The highest BCUT2D eigenvalue weighted by molar-refractivity contribution is 5.48. The lowest BCUT2D eigenvalue weighted by atomic mass is 9.69. The summed E-state index contributed by atoms with van der Waals surface area (Å²) in [6.45, 7) is 11.7. The number of likely N-dealkylation sites (N-methyl/N-ethyl adjacent to an activating group) is 2. The molecule has 0 spiro atoms. The maximum absolute atomic E-state index is 13.9. The number of ether oxygens (including phenoxy) is 6. The molecule has 0 amide bonds. The van der Waals surface area contributed by atoms with Crippen molar-refractivity contribution < 1.29 is 37.2 Å². The molecule has 0 saturated carbocycles. The van der Waals surface area contributed by atoms with Gasteiger partial charge in [-0.25, -0.2) is 8.78 Å². The van der Waals surface area contributed by atoms with E-state index in [1.165, 1.54) is 31.9 Å². The number of benzene rings is 4. The van der Waals surface area contributed by atoms with E-state index < -0.39 is 16.6 Å². The molecule has 0 aliphatic rings. The maximum Gasteiger partial charge on any atom is 0.165 e. The average Bonchev–Trinajstić information content (AvgIpc) is 3.30. The fourth-order valence-corrected chi connectivity index (χ4v) is 8.10. The first-order valence-corrected chi connectivity index (χ1v) is 21.9. The van der Waals surface area contributed by atoms with Gasteiger partial charge in [0.25, 0.3) is 0 Å². The summed E-state index contributed by atoms with van der Waals surface area (Å²) in [6.07, 6.45) is 4.86. The highest BCUT2D eigenvalue weighted by Crippen LogP contribution is 2.41. The molecule has 0 aliphatic carbocycles. The van der Waals surface area contributed by atoms with Crippen molar-refractivity contribution in [1.82, 2.24) is 9.80 Å². The number of nitriles is 2. The van der Waals surface area contributed by atoms with E-state index in [1.54, 1.807) is 52.7 Å². The molecule has 12 heteroatoms. The van der Waals surface area contributed by atoms with Gasteiger partial charge in [0.15, 0.2) is 46.1 Å². The Labute approximate surface area is 381 Å². The van der Waals surface area contributed by atoms with Gasteiger partial charge < -0.3 is 38.2 Å². The first-order chi connectivity index (χ1) is 30.6. The fraction of sp³-hybridized carbons (Fsp3) is 0.500. The topological polar surface area (TPSA) is 109 Å². The zero-order valence-corrected chi connectivity index (χ0v) is 40.1. The quantitative estimate of drug-likeness (QED) is 0.0675. The number of hydrogen-bond acceptors (Lipinski definition) is 10. The predicted octanol–water partition coefficient (Wildman–Crippen LogP) is 10.4. The van der Waals surface area contributed by atoms with Gasteiger partial charge in [-0.3, -0.25) is 0 Å². The Morgan fingerprint density at radius 1 is 0.484 bits per heavy atom. The van der Waals surface area contributed by atoms with Crippen LogP contribution in [-0.4, -0.2) is 92.7 Å². The molecule has 0 bridgehead atoms. The van der Waals surface area contributed by atoms with Crippen molar-refractivity contribution in [3.63, 3.8) is 0 Å². The molecule has 64 heavy (non-hydrogen) atoms. The van der Waals surface area contributed by atoms with E-state index in [0.29, 0.717) is 17.9 Å². The Hall–Kier alpha value is -5.56. The minimum absolute atomic E-state index is 0.0831. The molecule has 4 aromatic rings. The van der Waals surface area contributed by atoms with Crippen molar-refractivity contribution in [3.05, 3.63) is 107 Å². The summed E-state index contributed by atoms with van der Waals surface area (Å²) in [5, 5.41) is 20.3. The van der Waals surface area contributed by atoms with Gasteiger partial charge in [0.2, 0.25) is 0 Å². The van der Waals surface area contributed by atoms with Crippen LogP contribution in [-0.2, 0) is 23.7 Å². The standard InChI is InChI=1S/2C26H35FN2O3/c1-19(2)26(18-28,21-9-10-22(27)24(17-21)31-5)13-7-14-29(3)15-12-20-8-11-23(30-4)25(16-20)32-6;1-19(2)26(18-28,21-9-11-23(30-4)25(17-21)32-6)13-7-14-29(3)15-12-20-8-10-22(27)24(16-20)31-5/h2*8-11,16-17,19H,7,12-15H2,1-6H3. The van der Waals surface area contributed by atoms with Crippen molar-refractivity contribution in [2.45, 2.75) is 77.0 Å². The molecule has 0 N–H and O–H groups in total. The van der Waals surface area contributed by atoms with Gasteiger partial charge >= 0.3 is 0 Å². The summed E-state index contributed by atoms with van der Waals surface area (Å²) in [4.78, 5) is 4.51. The van der Waals surface area contributed by atoms with E-state index in [-0.39, 0.29) is 29.2 Å². The summed E-state index contributed by atoms with van der Waals surface area (Å²) >= 11 is 0. The van der Waals surface area contributed by atoms with Gasteiger partial charge in [-0.2, -0.15) is 10.5 Å². The maximum atomic E-state index is 13.9. The van der Waals surface area contributed by atoms with E-state index in [2.05, 4.69) is 55.9 Å². The lowest BCUT2D eigenvalue weighted by Crippen LogP contribution is -2.32. The molecule has 348 valence electrons. The molecule has 2 unspecified atom stereocenters. The van der Waals surface area contributed by atoms with Crippen LogP contribution in [0, 0.1) is 46.1 Å². The summed E-state index contributed by atoms with van der Waals surface area (Å²) in [5.74, 6) is 2.67. The molecule has 10 nitrogen and oxygen atoms in total. The molecule has 0 aliphatic heterocycles.